The number of benzene rings is 6. The molecule has 3 nitrogen and oxygen atoms in total. The van der Waals surface area contributed by atoms with Gasteiger partial charge in [0.1, 0.15) is 0 Å². The molecule has 312 valence electrons. The molecule has 8 rings (SSSR count). The van der Waals surface area contributed by atoms with Crippen LogP contribution in [0, 0.1) is 0 Å². The summed E-state index contributed by atoms with van der Waals surface area (Å²) in [5.74, 6) is 3.81. The van der Waals surface area contributed by atoms with Crippen LogP contribution in [-0.4, -0.2) is 13.2 Å². The van der Waals surface area contributed by atoms with E-state index in [0.717, 1.165) is 61.5 Å². The highest BCUT2D eigenvalue weighted by Gasteiger charge is 2.31. The standard InChI is InChI=1S/C56H70O3/c1-3-5-7-9-11-13-15-17-19-21-31-45-49-37-41-27-23-25-29-43(41)39-51(49)47-33-35-57-53(47)55(45)59-56-46(32-22-20-18-16-14-12-10-8-6-4-2)50-38-42-28-24-26-30-44(42)40-52(50)48-34-36-58-54(48)56/h23-30,37-40H,3-22,31-36H2,1-2H3. The van der Waals surface area contributed by atoms with Gasteiger partial charge < -0.3 is 14.2 Å². The molecule has 0 spiro atoms. The molecule has 59 heavy (non-hydrogen) atoms. The number of fused-ring (bicyclic) bond motifs is 8. The molecule has 0 bridgehead atoms. The highest BCUT2D eigenvalue weighted by atomic mass is 16.5. The Labute approximate surface area is 355 Å². The van der Waals surface area contributed by atoms with E-state index in [1.807, 2.05) is 0 Å². The Morgan fingerprint density at radius 1 is 0.407 bits per heavy atom. The predicted octanol–water partition coefficient (Wildman–Crippen LogP) is 16.9. The molecule has 2 aliphatic heterocycles. The Bertz CT molecular complexity index is 2150. The van der Waals surface area contributed by atoms with Gasteiger partial charge in [-0.05, 0) is 93.0 Å². The van der Waals surface area contributed by atoms with Crippen LogP contribution in [0.2, 0.25) is 0 Å². The van der Waals surface area contributed by atoms with Gasteiger partial charge >= 0.3 is 0 Å². The molecule has 2 heterocycles. The average molecular weight is 791 g/mol. The molecule has 0 amide bonds. The second-order valence-electron chi connectivity index (χ2n) is 17.9. The van der Waals surface area contributed by atoms with Gasteiger partial charge in [0.15, 0.2) is 23.0 Å². The zero-order valence-corrected chi connectivity index (χ0v) is 36.5. The van der Waals surface area contributed by atoms with Gasteiger partial charge in [-0.1, -0.05) is 178 Å². The first kappa shape index (κ1) is 41.5. The molecule has 6 aromatic rings. The number of hydrogen-bond donors (Lipinski definition) is 0. The fraction of sp³-hybridized carbons (Fsp3) is 0.500. The lowest BCUT2D eigenvalue weighted by molar-refractivity contribution is 0.319. The van der Waals surface area contributed by atoms with E-state index in [0.29, 0.717) is 13.2 Å². The Balaban J connectivity index is 1.14. The Kier molecular flexibility index (Phi) is 14.6. The number of hydrogen-bond acceptors (Lipinski definition) is 3. The molecular weight excluding hydrogens is 721 g/mol. The molecule has 0 atom stereocenters. The number of ether oxygens (including phenoxy) is 3. The molecular formula is C56H70O3. The molecule has 0 unspecified atom stereocenters. The van der Waals surface area contributed by atoms with Gasteiger partial charge in [0, 0.05) is 35.1 Å². The molecule has 0 saturated carbocycles. The van der Waals surface area contributed by atoms with E-state index in [1.165, 1.54) is 181 Å². The maximum absolute atomic E-state index is 7.60. The smallest absolute Gasteiger partial charge is 0.173 e. The van der Waals surface area contributed by atoms with E-state index in [1.54, 1.807) is 0 Å². The van der Waals surface area contributed by atoms with Crippen LogP contribution in [0.4, 0.5) is 0 Å². The van der Waals surface area contributed by atoms with Crippen LogP contribution >= 0.6 is 0 Å². The summed E-state index contributed by atoms with van der Waals surface area (Å²) in [4.78, 5) is 0. The van der Waals surface area contributed by atoms with Crippen molar-refractivity contribution in [3.05, 3.63) is 95.1 Å². The van der Waals surface area contributed by atoms with Crippen molar-refractivity contribution in [2.75, 3.05) is 13.2 Å². The lowest BCUT2D eigenvalue weighted by atomic mass is 9.90. The van der Waals surface area contributed by atoms with Gasteiger partial charge in [-0.3, -0.25) is 0 Å². The first-order chi connectivity index (χ1) is 29.2. The lowest BCUT2D eigenvalue weighted by Gasteiger charge is -2.23. The van der Waals surface area contributed by atoms with E-state index in [4.69, 9.17) is 14.2 Å². The van der Waals surface area contributed by atoms with Crippen molar-refractivity contribution in [2.24, 2.45) is 0 Å². The van der Waals surface area contributed by atoms with E-state index in [-0.39, 0.29) is 0 Å². The summed E-state index contributed by atoms with van der Waals surface area (Å²) in [6.07, 6.45) is 30.3. The van der Waals surface area contributed by atoms with E-state index >= 15 is 0 Å². The molecule has 0 saturated heterocycles. The maximum Gasteiger partial charge on any atom is 0.173 e. The van der Waals surface area contributed by atoms with Gasteiger partial charge in [-0.2, -0.15) is 0 Å². The largest absolute Gasteiger partial charge is 0.489 e. The first-order valence-corrected chi connectivity index (χ1v) is 24.2. The van der Waals surface area contributed by atoms with Gasteiger partial charge in [0.2, 0.25) is 0 Å². The van der Waals surface area contributed by atoms with Crippen LogP contribution in [0.15, 0.2) is 72.8 Å². The monoisotopic (exact) mass is 791 g/mol. The summed E-state index contributed by atoms with van der Waals surface area (Å²) in [7, 11) is 0. The Hall–Kier alpha value is -4.24. The topological polar surface area (TPSA) is 27.7 Å². The highest BCUT2D eigenvalue weighted by molar-refractivity contribution is 6.05. The zero-order valence-electron chi connectivity index (χ0n) is 36.5. The van der Waals surface area contributed by atoms with Crippen molar-refractivity contribution in [3.8, 4) is 23.0 Å². The minimum Gasteiger partial charge on any atom is -0.489 e. The van der Waals surface area contributed by atoms with Crippen LogP contribution in [0.1, 0.15) is 165 Å². The SMILES string of the molecule is CCCCCCCCCCCCc1c(Oc2c3c(c4cc5ccccc5cc4c2CCCCCCCCCCCC)CCO3)c2c(c3cc4ccccc4cc13)CCO2. The normalized spacial score (nSPS) is 13.4. The second kappa shape index (κ2) is 20.8. The minimum atomic E-state index is 0.694. The van der Waals surface area contributed by atoms with Crippen molar-refractivity contribution >= 4 is 43.1 Å². The lowest BCUT2D eigenvalue weighted by Crippen LogP contribution is -2.03. The van der Waals surface area contributed by atoms with Gasteiger partial charge in [0.05, 0.1) is 13.2 Å². The van der Waals surface area contributed by atoms with E-state index in [9.17, 15) is 0 Å². The summed E-state index contributed by atoms with van der Waals surface area (Å²) < 4.78 is 20.9. The maximum atomic E-state index is 7.60. The van der Waals surface area contributed by atoms with Crippen LogP contribution in [-0.2, 0) is 25.7 Å². The summed E-state index contributed by atoms with van der Waals surface area (Å²) >= 11 is 0. The molecule has 0 fully saturated rings. The summed E-state index contributed by atoms with van der Waals surface area (Å²) in [6, 6.07) is 27.4. The first-order valence-electron chi connectivity index (χ1n) is 24.2. The number of aryl methyl sites for hydroxylation is 2. The molecule has 6 aromatic carbocycles. The van der Waals surface area contributed by atoms with Crippen LogP contribution in [0.3, 0.4) is 0 Å². The molecule has 2 aliphatic rings. The van der Waals surface area contributed by atoms with E-state index in [2.05, 4.69) is 86.6 Å². The van der Waals surface area contributed by atoms with Crippen molar-refractivity contribution in [1.82, 2.24) is 0 Å². The van der Waals surface area contributed by atoms with Crippen LogP contribution in [0.5, 0.6) is 23.0 Å². The molecule has 0 radical (unpaired) electrons. The Morgan fingerprint density at radius 2 is 0.729 bits per heavy atom. The fourth-order valence-electron chi connectivity index (χ4n) is 10.2. The molecule has 3 heteroatoms. The minimum absolute atomic E-state index is 0.694. The Morgan fingerprint density at radius 3 is 1.08 bits per heavy atom. The van der Waals surface area contributed by atoms with Crippen molar-refractivity contribution in [2.45, 2.75) is 168 Å². The molecule has 0 aliphatic carbocycles. The van der Waals surface area contributed by atoms with Crippen LogP contribution in [0.25, 0.3) is 43.1 Å². The third kappa shape index (κ3) is 9.71. The fourth-order valence-corrected chi connectivity index (χ4v) is 10.2. The summed E-state index contributed by atoms with van der Waals surface area (Å²) in [6.45, 7) is 5.99. The van der Waals surface area contributed by atoms with Crippen molar-refractivity contribution in [1.29, 1.82) is 0 Å². The summed E-state index contributed by atoms with van der Waals surface area (Å²) in [5.41, 5.74) is 5.21. The van der Waals surface area contributed by atoms with Gasteiger partial charge in [-0.25, -0.2) is 0 Å². The third-order valence-electron chi connectivity index (χ3n) is 13.5. The molecule has 0 aromatic heterocycles. The van der Waals surface area contributed by atoms with Crippen molar-refractivity contribution < 1.29 is 14.2 Å². The number of unbranched alkanes of at least 4 members (excludes halogenated alkanes) is 18. The second-order valence-corrected chi connectivity index (χ2v) is 17.9. The van der Waals surface area contributed by atoms with Crippen LogP contribution < -0.4 is 14.2 Å². The van der Waals surface area contributed by atoms with Gasteiger partial charge in [-0.15, -0.1) is 0 Å². The van der Waals surface area contributed by atoms with Gasteiger partial charge in [0.25, 0.3) is 0 Å². The van der Waals surface area contributed by atoms with E-state index < -0.39 is 0 Å². The highest BCUT2D eigenvalue weighted by Crippen LogP contribution is 2.53. The molecule has 0 N–H and O–H groups in total. The third-order valence-corrected chi connectivity index (χ3v) is 13.5. The zero-order chi connectivity index (χ0) is 40.2. The van der Waals surface area contributed by atoms with Crippen molar-refractivity contribution in [3.63, 3.8) is 0 Å². The average Bonchev–Trinajstić information content (AvgIpc) is 3.97. The number of rotatable bonds is 24. The summed E-state index contributed by atoms with van der Waals surface area (Å²) in [5, 5.41) is 10.5. The quantitative estimate of drug-likeness (QED) is 0.0451. The predicted molar refractivity (Wildman–Crippen MR) is 252 cm³/mol.